The van der Waals surface area contributed by atoms with Crippen LogP contribution in [0.5, 0.6) is 23.0 Å². The molecule has 0 spiro atoms. The third-order valence-corrected chi connectivity index (χ3v) is 3.95. The molecule has 0 saturated carbocycles. The van der Waals surface area contributed by atoms with Crippen molar-refractivity contribution in [3.63, 3.8) is 0 Å². The van der Waals surface area contributed by atoms with Crippen LogP contribution >= 0.6 is 12.6 Å². The van der Waals surface area contributed by atoms with Crippen LogP contribution in [0.1, 0.15) is 5.56 Å². The Morgan fingerprint density at radius 3 is 2.04 bits per heavy atom. The lowest BCUT2D eigenvalue weighted by atomic mass is 10.1. The number of carbonyl (C=O) groups is 1. The van der Waals surface area contributed by atoms with Gasteiger partial charge in [0.15, 0.2) is 0 Å². The van der Waals surface area contributed by atoms with Gasteiger partial charge in [0.25, 0.3) is 0 Å². The lowest BCUT2D eigenvalue weighted by Gasteiger charge is -2.12. The zero-order chi connectivity index (χ0) is 19.1. The van der Waals surface area contributed by atoms with Gasteiger partial charge in [-0.15, -0.1) is 12.6 Å². The second-order valence-electron chi connectivity index (χ2n) is 5.15. The summed E-state index contributed by atoms with van der Waals surface area (Å²) in [4.78, 5) is 12.8. The van der Waals surface area contributed by atoms with Crippen LogP contribution in [0.3, 0.4) is 0 Å². The number of nitrogens with one attached hydrogen (secondary N) is 1. The van der Waals surface area contributed by atoms with Crippen LogP contribution in [-0.4, -0.2) is 34.3 Å². The number of rotatable bonds is 7. The molecule has 0 bridgehead atoms. The summed E-state index contributed by atoms with van der Waals surface area (Å²) in [5.74, 6) is 2.00. The summed E-state index contributed by atoms with van der Waals surface area (Å²) in [5.41, 5.74) is 1.25. The number of methoxy groups -OCH3 is 4. The molecule has 1 N–H and O–H groups in total. The molecule has 0 fully saturated rings. The average Bonchev–Trinajstić information content (AvgIpc) is 2.65. The normalized spacial score (nSPS) is 10.5. The van der Waals surface area contributed by atoms with Gasteiger partial charge < -0.3 is 24.3 Å². The van der Waals surface area contributed by atoms with Crippen LogP contribution in [0.25, 0.3) is 6.08 Å². The van der Waals surface area contributed by atoms with Gasteiger partial charge in [0.2, 0.25) is 5.91 Å². The highest BCUT2D eigenvalue weighted by molar-refractivity contribution is 7.80. The van der Waals surface area contributed by atoms with Crippen LogP contribution in [0.4, 0.5) is 5.69 Å². The Labute approximate surface area is 158 Å². The molecule has 7 heteroatoms. The summed E-state index contributed by atoms with van der Waals surface area (Å²) in [6, 6.07) is 8.62. The van der Waals surface area contributed by atoms with E-state index in [9.17, 15) is 4.79 Å². The van der Waals surface area contributed by atoms with E-state index >= 15 is 0 Å². The molecule has 0 saturated heterocycles. The number of hydrogen-bond acceptors (Lipinski definition) is 6. The molecule has 0 atom stereocenters. The fourth-order valence-corrected chi connectivity index (χ4v) is 2.61. The van der Waals surface area contributed by atoms with E-state index in [-0.39, 0.29) is 5.91 Å². The summed E-state index contributed by atoms with van der Waals surface area (Å²) >= 11 is 4.31. The summed E-state index contributed by atoms with van der Waals surface area (Å²) in [6.07, 6.45) is 3.02. The molecule has 0 aromatic heterocycles. The van der Waals surface area contributed by atoms with Crippen molar-refractivity contribution in [2.45, 2.75) is 4.90 Å². The van der Waals surface area contributed by atoms with Crippen molar-refractivity contribution in [3.05, 3.63) is 42.0 Å². The lowest BCUT2D eigenvalue weighted by Crippen LogP contribution is -2.08. The van der Waals surface area contributed by atoms with E-state index < -0.39 is 0 Å². The van der Waals surface area contributed by atoms with E-state index in [2.05, 4.69) is 17.9 Å². The molecular formula is C19H21NO5S. The number of carbonyl (C=O) groups excluding carboxylic acids is 1. The zero-order valence-electron chi connectivity index (χ0n) is 15.0. The fraction of sp³-hybridized carbons (Fsp3) is 0.211. The van der Waals surface area contributed by atoms with E-state index in [1.165, 1.54) is 20.3 Å². The molecule has 26 heavy (non-hydrogen) atoms. The smallest absolute Gasteiger partial charge is 0.248 e. The van der Waals surface area contributed by atoms with Crippen molar-refractivity contribution < 1.29 is 23.7 Å². The molecule has 138 valence electrons. The van der Waals surface area contributed by atoms with E-state index in [1.807, 2.05) is 0 Å². The topological polar surface area (TPSA) is 66.0 Å². The number of benzene rings is 2. The van der Waals surface area contributed by atoms with Crippen molar-refractivity contribution >= 4 is 30.3 Å². The minimum Gasteiger partial charge on any atom is -0.496 e. The summed E-state index contributed by atoms with van der Waals surface area (Å²) in [6.45, 7) is 0. The van der Waals surface area contributed by atoms with E-state index in [4.69, 9.17) is 18.9 Å². The first-order chi connectivity index (χ1) is 12.5. The highest BCUT2D eigenvalue weighted by atomic mass is 32.1. The number of anilines is 1. The molecule has 6 nitrogen and oxygen atoms in total. The average molecular weight is 375 g/mol. The monoisotopic (exact) mass is 375 g/mol. The molecule has 2 aromatic carbocycles. The zero-order valence-corrected chi connectivity index (χ0v) is 15.9. The summed E-state index contributed by atoms with van der Waals surface area (Å²) in [5, 5.41) is 2.77. The van der Waals surface area contributed by atoms with E-state index in [0.717, 1.165) is 0 Å². The van der Waals surface area contributed by atoms with Crippen molar-refractivity contribution in [2.24, 2.45) is 0 Å². The molecule has 1 amide bonds. The Morgan fingerprint density at radius 1 is 0.923 bits per heavy atom. The second kappa shape index (κ2) is 9.05. The van der Waals surface area contributed by atoms with Crippen LogP contribution in [0, 0.1) is 0 Å². The molecule has 0 aliphatic carbocycles. The molecule has 0 aliphatic heterocycles. The van der Waals surface area contributed by atoms with Gasteiger partial charge in [0.05, 0.1) is 34.0 Å². The Balaban J connectivity index is 2.21. The SMILES string of the molecule is COc1cc(OC)c(C=CC(=O)Nc2ccc(OC)c(S)c2)c(OC)c1. The maximum absolute atomic E-state index is 12.2. The van der Waals surface area contributed by atoms with Crippen molar-refractivity contribution in [1.29, 1.82) is 0 Å². The van der Waals surface area contributed by atoms with Crippen LogP contribution in [0.2, 0.25) is 0 Å². The van der Waals surface area contributed by atoms with Crippen LogP contribution in [-0.2, 0) is 4.79 Å². The highest BCUT2D eigenvalue weighted by Gasteiger charge is 2.11. The largest absolute Gasteiger partial charge is 0.496 e. The molecule has 0 heterocycles. The maximum Gasteiger partial charge on any atom is 0.248 e. The molecule has 0 aliphatic rings. The fourth-order valence-electron chi connectivity index (χ4n) is 2.31. The first kappa shape index (κ1) is 19.5. The van der Waals surface area contributed by atoms with Gasteiger partial charge in [-0.2, -0.15) is 0 Å². The summed E-state index contributed by atoms with van der Waals surface area (Å²) in [7, 11) is 6.20. The minimum atomic E-state index is -0.303. The molecule has 0 unspecified atom stereocenters. The van der Waals surface area contributed by atoms with Gasteiger partial charge in [-0.25, -0.2) is 0 Å². The standard InChI is InChI=1S/C19H21NO5S/c1-22-13-10-16(24-3)14(17(11-13)25-4)6-8-19(21)20-12-5-7-15(23-2)18(26)9-12/h5-11,26H,1-4H3,(H,20,21). The van der Waals surface area contributed by atoms with Gasteiger partial charge in [-0.3, -0.25) is 4.79 Å². The maximum atomic E-state index is 12.2. The van der Waals surface area contributed by atoms with Gasteiger partial charge in [-0.1, -0.05) is 0 Å². The third kappa shape index (κ3) is 4.64. The Kier molecular flexibility index (Phi) is 6.80. The van der Waals surface area contributed by atoms with E-state index in [0.29, 0.717) is 39.1 Å². The third-order valence-electron chi connectivity index (χ3n) is 3.60. The Morgan fingerprint density at radius 2 is 1.54 bits per heavy atom. The first-order valence-corrected chi connectivity index (χ1v) is 8.13. The quantitative estimate of drug-likeness (QED) is 0.571. The first-order valence-electron chi connectivity index (χ1n) is 7.68. The van der Waals surface area contributed by atoms with Crippen molar-refractivity contribution in [1.82, 2.24) is 0 Å². The predicted octanol–water partition coefficient (Wildman–Crippen LogP) is 3.66. The van der Waals surface area contributed by atoms with Gasteiger partial charge in [-0.05, 0) is 24.3 Å². The van der Waals surface area contributed by atoms with Crippen molar-refractivity contribution in [2.75, 3.05) is 33.8 Å². The lowest BCUT2D eigenvalue weighted by molar-refractivity contribution is -0.111. The number of amides is 1. The predicted molar refractivity (Wildman–Crippen MR) is 104 cm³/mol. The highest BCUT2D eigenvalue weighted by Crippen LogP contribution is 2.35. The molecule has 2 rings (SSSR count). The van der Waals surface area contributed by atoms with Crippen molar-refractivity contribution in [3.8, 4) is 23.0 Å². The minimum absolute atomic E-state index is 0.303. The van der Waals surface area contributed by atoms with Gasteiger partial charge in [0, 0.05) is 28.8 Å². The number of ether oxygens (including phenoxy) is 4. The molecule has 0 radical (unpaired) electrons. The van der Waals surface area contributed by atoms with Crippen LogP contribution in [0.15, 0.2) is 41.3 Å². The van der Waals surface area contributed by atoms with E-state index in [1.54, 1.807) is 50.6 Å². The Bertz CT molecular complexity index is 795. The van der Waals surface area contributed by atoms with Gasteiger partial charge in [0.1, 0.15) is 23.0 Å². The molecule has 2 aromatic rings. The number of hydrogen-bond donors (Lipinski definition) is 2. The number of thiol groups is 1. The second-order valence-corrected chi connectivity index (χ2v) is 5.64. The Hall–Kier alpha value is -2.80. The summed E-state index contributed by atoms with van der Waals surface area (Å²) < 4.78 is 21.1. The molecular weight excluding hydrogens is 354 g/mol. The van der Waals surface area contributed by atoms with Gasteiger partial charge >= 0.3 is 0 Å². The van der Waals surface area contributed by atoms with Crippen LogP contribution < -0.4 is 24.3 Å².